The van der Waals surface area contributed by atoms with Crippen LogP contribution in [0.5, 0.6) is 5.75 Å². The van der Waals surface area contributed by atoms with E-state index in [0.717, 1.165) is 17.7 Å². The van der Waals surface area contributed by atoms with Crippen molar-refractivity contribution in [2.24, 2.45) is 0 Å². The van der Waals surface area contributed by atoms with E-state index in [-0.39, 0.29) is 194 Å². The van der Waals surface area contributed by atoms with Gasteiger partial charge >= 0.3 is 154 Å². The molecule has 0 aromatic heterocycles. The molecule has 0 atom stereocenters. The van der Waals surface area contributed by atoms with Gasteiger partial charge in [0.15, 0.2) is 5.71 Å². The Bertz CT molecular complexity index is 3560. The molecule has 72 heavy (non-hydrogen) atoms. The Morgan fingerprint density at radius 2 is 1.19 bits per heavy atom. The van der Waals surface area contributed by atoms with Gasteiger partial charge in [0, 0.05) is 59.4 Å². The van der Waals surface area contributed by atoms with Crippen molar-refractivity contribution in [3.63, 3.8) is 0 Å². The van der Waals surface area contributed by atoms with E-state index in [1.165, 1.54) is 12.1 Å². The van der Waals surface area contributed by atoms with Crippen LogP contribution in [-0.2, 0) is 62.5 Å². The van der Waals surface area contributed by atoms with Crippen LogP contribution in [0, 0.1) is 0 Å². The number of aromatic hydroxyl groups is 1. The van der Waals surface area contributed by atoms with E-state index in [0.29, 0.717) is 84.8 Å². The Labute approximate surface area is 548 Å². The summed E-state index contributed by atoms with van der Waals surface area (Å²) in [5, 5.41) is 12.5. The van der Waals surface area contributed by atoms with Crippen LogP contribution in [0.2, 0.25) is 0 Å². The van der Waals surface area contributed by atoms with E-state index in [2.05, 4.69) is 5.32 Å². The summed E-state index contributed by atoms with van der Waals surface area (Å²) >= 11 is 0. The van der Waals surface area contributed by atoms with Crippen LogP contribution < -0.4 is 164 Å². The van der Waals surface area contributed by atoms with Gasteiger partial charge in [0.2, 0.25) is 11.6 Å². The molecule has 2 N–H and O–H groups in total. The number of phenolic OH excluding ortho intramolecular Hbond substituents is 1. The first kappa shape index (κ1) is 63.7. The number of hydrogen-bond donors (Lipinski definition) is 2. The number of rotatable bonds is 16. The normalized spacial score (nSPS) is 16.0. The minimum Gasteiger partial charge on any atom is -0.744 e. The van der Waals surface area contributed by atoms with Crippen molar-refractivity contribution < 1.29 is 221 Å². The fourth-order valence-electron chi connectivity index (χ4n) is 9.57. The molecule has 366 valence electrons. The van der Waals surface area contributed by atoms with E-state index < -0.39 is 70.9 Å². The van der Waals surface area contributed by atoms with Crippen molar-refractivity contribution in [3.8, 4) is 5.75 Å². The van der Waals surface area contributed by atoms with Crippen LogP contribution >= 0.6 is 0 Å². The molecule has 0 fully saturated rings. The van der Waals surface area contributed by atoms with Gasteiger partial charge in [0.1, 0.15) is 53.3 Å². The average molecular weight is 1140 g/mol. The summed E-state index contributed by atoms with van der Waals surface area (Å²) in [5.74, 6) is 0.0394. The number of amides is 1. The molecule has 0 bridgehead atoms. The Kier molecular flexibility index (Phi) is 21.6. The van der Waals surface area contributed by atoms with E-state index in [1.807, 2.05) is 43.2 Å². The van der Waals surface area contributed by atoms with Crippen molar-refractivity contribution in [2.75, 3.05) is 25.0 Å². The van der Waals surface area contributed by atoms with Gasteiger partial charge in [-0.05, 0) is 115 Å². The monoisotopic (exact) mass is 1140 g/mol. The van der Waals surface area contributed by atoms with Crippen molar-refractivity contribution >= 4 is 85.0 Å². The average Bonchev–Trinajstić information content (AvgIpc) is 3.59. The number of carbonyl (C=O) groups excluding carboxylic acids is 1. The van der Waals surface area contributed by atoms with Crippen LogP contribution in [0.4, 0.5) is 11.4 Å². The number of unbranched alkanes of at least 4 members (excludes halogenated alkanes) is 2. The Morgan fingerprint density at radius 1 is 0.653 bits per heavy atom. The van der Waals surface area contributed by atoms with Crippen LogP contribution in [0.15, 0.2) is 128 Å². The summed E-state index contributed by atoms with van der Waals surface area (Å²) in [6.45, 7) is 8.16. The maximum atomic E-state index is 12.7. The van der Waals surface area contributed by atoms with Gasteiger partial charge in [-0.25, -0.2) is 33.7 Å². The first-order valence-corrected chi connectivity index (χ1v) is 27.2. The molecule has 24 heteroatoms. The molecule has 0 saturated heterocycles. The molecular formula is C48H48K3N3O14S4. The fourth-order valence-corrected chi connectivity index (χ4v) is 12.2. The van der Waals surface area contributed by atoms with E-state index in [9.17, 15) is 61.8 Å². The molecule has 0 saturated carbocycles. The molecule has 0 radical (unpaired) electrons. The zero-order valence-corrected chi connectivity index (χ0v) is 53.7. The predicted molar refractivity (Wildman–Crippen MR) is 254 cm³/mol. The number of nitrogens with zero attached hydrogens (tertiary/aromatic N) is 2. The molecule has 0 unspecified atom stereocenters. The smallest absolute Gasteiger partial charge is 0.744 e. The topological polar surface area (TPSA) is 284 Å². The second kappa shape index (κ2) is 24.4. The van der Waals surface area contributed by atoms with Crippen LogP contribution in [0.3, 0.4) is 0 Å². The quantitative estimate of drug-likeness (QED) is 0.0329. The number of phenols is 1. The first-order chi connectivity index (χ1) is 32.0. The van der Waals surface area contributed by atoms with Gasteiger partial charge in [0.05, 0.1) is 25.0 Å². The molecule has 5 aromatic rings. The second-order valence-corrected chi connectivity index (χ2v) is 23.4. The molecule has 0 aliphatic carbocycles. The van der Waals surface area contributed by atoms with Crippen molar-refractivity contribution in [1.82, 2.24) is 5.32 Å². The summed E-state index contributed by atoms with van der Waals surface area (Å²) in [7, 11) is -19.1. The summed E-state index contributed by atoms with van der Waals surface area (Å²) in [5.41, 5.74) is 2.58. The number of allylic oxidation sites excluding steroid dienone is 6. The molecule has 7 rings (SSSR count). The van der Waals surface area contributed by atoms with Gasteiger partial charge in [-0.15, -0.1) is 0 Å². The third kappa shape index (κ3) is 13.7. The van der Waals surface area contributed by atoms with Gasteiger partial charge in [-0.2, -0.15) is 4.58 Å². The molecule has 2 aliphatic rings. The number of nitrogens with one attached hydrogen (secondary N) is 1. The van der Waals surface area contributed by atoms with Crippen molar-refractivity contribution in [1.29, 1.82) is 0 Å². The predicted octanol–water partition coefficient (Wildman–Crippen LogP) is -2.95. The van der Waals surface area contributed by atoms with Gasteiger partial charge in [-0.3, -0.25) is 4.79 Å². The van der Waals surface area contributed by atoms with E-state index >= 15 is 0 Å². The largest absolute Gasteiger partial charge is 1.00 e. The number of benzene rings is 5. The fraction of sp³-hybridized carbons (Fsp3) is 0.292. The molecule has 0 spiro atoms. The Hall–Kier alpha value is -0.871. The van der Waals surface area contributed by atoms with Crippen LogP contribution in [-0.4, -0.2) is 93.3 Å². The first-order valence-electron chi connectivity index (χ1n) is 21.6. The zero-order chi connectivity index (χ0) is 50.6. The summed E-state index contributed by atoms with van der Waals surface area (Å²) in [4.78, 5) is 11.2. The number of hydrogen-bond acceptors (Lipinski definition) is 15. The van der Waals surface area contributed by atoms with Crippen LogP contribution in [0.25, 0.3) is 21.5 Å². The minimum absolute atomic E-state index is 0. The van der Waals surface area contributed by atoms with Crippen molar-refractivity contribution in [3.05, 3.63) is 126 Å². The summed E-state index contributed by atoms with van der Waals surface area (Å²) in [6, 6.07) is 16.1. The molecule has 5 aromatic carbocycles. The molecule has 1 amide bonds. The zero-order valence-electron chi connectivity index (χ0n) is 41.0. The molecule has 2 heterocycles. The Balaban J connectivity index is 0.00000375. The van der Waals surface area contributed by atoms with Gasteiger partial charge < -0.3 is 33.5 Å². The SMILES string of the molecule is C[N+]1=C(/C=C/C=C/C=C2/N(CCCCCC(=O)NCCc3ccc(O)cc3)c3ccc4c(S(=O)(=O)[O-])cc(S(=O)(=O)[O-])cc4c3C2(C)C)C(C)(C)c2c1ccc1c(S(=O)(=O)[O-])cc(S(=O)(=O)[O-])cc21.[K+].[K+].[K+]. The van der Waals surface area contributed by atoms with E-state index in [4.69, 9.17) is 0 Å². The third-order valence-corrected chi connectivity index (χ3v) is 16.1. The maximum absolute atomic E-state index is 12.7. The van der Waals surface area contributed by atoms with Crippen LogP contribution in [0.1, 0.15) is 70.1 Å². The van der Waals surface area contributed by atoms with Gasteiger partial charge in [0.25, 0.3) is 0 Å². The number of carbonyl (C=O) groups is 1. The second-order valence-electron chi connectivity index (χ2n) is 18.0. The number of fused-ring (bicyclic) bond motifs is 6. The minimum atomic E-state index is -5.25. The van der Waals surface area contributed by atoms with Gasteiger partial charge in [-0.1, -0.05) is 56.7 Å². The van der Waals surface area contributed by atoms with E-state index in [1.54, 1.807) is 67.7 Å². The maximum Gasteiger partial charge on any atom is 1.00 e. The molecule has 2 aliphatic heterocycles. The number of anilines is 1. The van der Waals surface area contributed by atoms with Crippen molar-refractivity contribution in [2.45, 2.75) is 90.2 Å². The summed E-state index contributed by atoms with van der Waals surface area (Å²) < 4.78 is 149. The third-order valence-electron chi connectivity index (χ3n) is 12.7. The Morgan fingerprint density at radius 3 is 1.74 bits per heavy atom. The summed E-state index contributed by atoms with van der Waals surface area (Å²) in [6.07, 6.45) is 11.5. The standard InChI is InChI=1S/C48H51N3O14S4.3K/c1-47(2)42(50(5)38-21-19-34-36(45(38)47)26-32(66(54,55)56)28-40(34)68(60,61)62)12-8-6-9-13-43-48(3,4)46-37-27-33(67(57,58)59)29-41(69(63,64)65)35(37)20-22-39(46)51(43)25-11-7-10-14-44(53)49-24-23-30-15-17-31(52)18-16-30;;;/h6,8-9,12-13,15-22,26-29H,7,10-11,14,23-25H2,1-5H3,(H5-,49,52,53,54,55,56,57,58,59,60,61,62,63,64,65);;;/q;3*+1/p-3. The molecular weight excluding hydrogens is 1090 g/mol. The molecule has 17 nitrogen and oxygen atoms in total.